The number of carbonyl (C=O) groups excluding carboxylic acids is 1. The summed E-state index contributed by atoms with van der Waals surface area (Å²) in [7, 11) is 1.97. The minimum Gasteiger partial charge on any atom is -0.494 e. The van der Waals surface area contributed by atoms with Crippen molar-refractivity contribution in [1.82, 2.24) is 9.97 Å². The molecule has 0 aliphatic rings. The number of aliphatic hydroxyl groups excluding tert-OH is 1. The highest BCUT2D eigenvalue weighted by Gasteiger charge is 2.12. The molecule has 6 heteroatoms. The zero-order valence-electron chi connectivity index (χ0n) is 15.6. The summed E-state index contributed by atoms with van der Waals surface area (Å²) in [6.07, 6.45) is 0.900. The molecule has 2 aromatic carbocycles. The summed E-state index contributed by atoms with van der Waals surface area (Å²) in [6, 6.07) is 15.7. The molecule has 140 valence electrons. The zero-order valence-corrected chi connectivity index (χ0v) is 15.6. The number of fused-ring (bicyclic) bond motifs is 1. The van der Waals surface area contributed by atoms with Crippen molar-refractivity contribution in [2.24, 2.45) is 0 Å². The molecule has 0 radical (unpaired) electrons. The summed E-state index contributed by atoms with van der Waals surface area (Å²) in [5.74, 6) is 2.12. The van der Waals surface area contributed by atoms with Crippen molar-refractivity contribution in [1.29, 1.82) is 0 Å². The van der Waals surface area contributed by atoms with Crippen LogP contribution in [-0.2, 0) is 4.79 Å². The van der Waals surface area contributed by atoms with Gasteiger partial charge in [0.2, 0.25) is 0 Å². The molecule has 0 spiro atoms. The molecule has 0 fully saturated rings. The lowest BCUT2D eigenvalue weighted by atomic mass is 10.2. The van der Waals surface area contributed by atoms with Crippen LogP contribution >= 0.6 is 0 Å². The molecule has 0 saturated carbocycles. The Hall–Kier alpha value is -2.99. The number of para-hydroxylation sites is 1. The van der Waals surface area contributed by atoms with Crippen molar-refractivity contribution in [3.63, 3.8) is 0 Å². The van der Waals surface area contributed by atoms with E-state index in [0.717, 1.165) is 34.0 Å². The molecule has 0 aliphatic carbocycles. The fraction of sp³-hybridized carbons (Fsp3) is 0.286. The van der Waals surface area contributed by atoms with Gasteiger partial charge in [-0.3, -0.25) is 4.79 Å². The standard InChI is InChI=1S/C21H23N3O3/c1-15-22-20-11-4-3-10-19(20)21(23-15)24(2)16-7-5-9-18(13-16)27-12-6-8-17(26)14-25/h3-5,7,9-11,13,25H,6,8,12,14H2,1-2H3. The largest absolute Gasteiger partial charge is 0.494 e. The smallest absolute Gasteiger partial charge is 0.158 e. The van der Waals surface area contributed by atoms with E-state index in [2.05, 4.69) is 9.97 Å². The minimum absolute atomic E-state index is 0.168. The van der Waals surface area contributed by atoms with Gasteiger partial charge in [-0.15, -0.1) is 0 Å². The van der Waals surface area contributed by atoms with Gasteiger partial charge in [0.15, 0.2) is 5.78 Å². The van der Waals surface area contributed by atoms with Crippen LogP contribution in [0, 0.1) is 6.92 Å². The third-order valence-corrected chi connectivity index (χ3v) is 4.26. The van der Waals surface area contributed by atoms with Crippen molar-refractivity contribution in [2.75, 3.05) is 25.2 Å². The van der Waals surface area contributed by atoms with Crippen molar-refractivity contribution in [2.45, 2.75) is 19.8 Å². The highest BCUT2D eigenvalue weighted by atomic mass is 16.5. The van der Waals surface area contributed by atoms with E-state index >= 15 is 0 Å². The van der Waals surface area contributed by atoms with E-state index in [9.17, 15) is 4.79 Å². The van der Waals surface area contributed by atoms with E-state index in [1.807, 2.05) is 67.4 Å². The lowest BCUT2D eigenvalue weighted by Gasteiger charge is -2.21. The maximum Gasteiger partial charge on any atom is 0.158 e. The van der Waals surface area contributed by atoms with Crippen molar-refractivity contribution >= 4 is 28.2 Å². The number of aliphatic hydroxyl groups is 1. The Morgan fingerprint density at radius 1 is 1.15 bits per heavy atom. The van der Waals surface area contributed by atoms with Gasteiger partial charge in [0.1, 0.15) is 24.0 Å². The molecule has 3 rings (SSSR count). The van der Waals surface area contributed by atoms with Gasteiger partial charge in [0.25, 0.3) is 0 Å². The van der Waals surface area contributed by atoms with Crippen LogP contribution in [0.4, 0.5) is 11.5 Å². The van der Waals surface area contributed by atoms with Gasteiger partial charge in [-0.05, 0) is 37.6 Å². The van der Waals surface area contributed by atoms with Gasteiger partial charge >= 0.3 is 0 Å². The first-order chi connectivity index (χ1) is 13.1. The van der Waals surface area contributed by atoms with Gasteiger partial charge < -0.3 is 14.7 Å². The number of hydrogen-bond donors (Lipinski definition) is 1. The normalized spacial score (nSPS) is 10.8. The van der Waals surface area contributed by atoms with Crippen LogP contribution in [0.15, 0.2) is 48.5 Å². The minimum atomic E-state index is -0.410. The molecule has 1 N–H and O–H groups in total. The number of hydrogen-bond acceptors (Lipinski definition) is 6. The van der Waals surface area contributed by atoms with E-state index in [1.165, 1.54) is 0 Å². The number of nitrogens with zero attached hydrogens (tertiary/aromatic N) is 3. The molecule has 0 aliphatic heterocycles. The van der Waals surface area contributed by atoms with E-state index in [0.29, 0.717) is 19.4 Å². The van der Waals surface area contributed by atoms with Gasteiger partial charge in [0.05, 0.1) is 12.1 Å². The predicted octanol–water partition coefficient (Wildman–Crippen LogP) is 3.43. The molecule has 1 heterocycles. The first-order valence-electron chi connectivity index (χ1n) is 8.91. The van der Waals surface area contributed by atoms with Crippen LogP contribution in [0.1, 0.15) is 18.7 Å². The Balaban J connectivity index is 1.78. The molecule has 0 unspecified atom stereocenters. The van der Waals surface area contributed by atoms with E-state index < -0.39 is 6.61 Å². The number of carbonyl (C=O) groups is 1. The Labute approximate surface area is 158 Å². The van der Waals surface area contributed by atoms with Gasteiger partial charge in [-0.25, -0.2) is 9.97 Å². The lowest BCUT2D eigenvalue weighted by molar-refractivity contribution is -0.121. The number of rotatable bonds is 8. The summed E-state index contributed by atoms with van der Waals surface area (Å²) in [5.41, 5.74) is 1.86. The third-order valence-electron chi connectivity index (χ3n) is 4.26. The fourth-order valence-electron chi connectivity index (χ4n) is 2.87. The molecule has 0 atom stereocenters. The Bertz CT molecular complexity index is 943. The van der Waals surface area contributed by atoms with E-state index in [-0.39, 0.29) is 5.78 Å². The van der Waals surface area contributed by atoms with Gasteiger partial charge in [0, 0.05) is 30.6 Å². The van der Waals surface area contributed by atoms with E-state index in [1.54, 1.807) is 0 Å². The number of ketones is 1. The number of ether oxygens (including phenoxy) is 1. The highest BCUT2D eigenvalue weighted by Crippen LogP contribution is 2.30. The molecule has 6 nitrogen and oxygen atoms in total. The van der Waals surface area contributed by atoms with Crippen LogP contribution in [-0.4, -0.2) is 41.1 Å². The monoisotopic (exact) mass is 365 g/mol. The number of aromatic nitrogens is 2. The second-order valence-electron chi connectivity index (χ2n) is 6.32. The first-order valence-corrected chi connectivity index (χ1v) is 8.91. The number of anilines is 2. The molecule has 0 bridgehead atoms. The van der Waals surface area contributed by atoms with Crippen LogP contribution < -0.4 is 9.64 Å². The predicted molar refractivity (Wildman–Crippen MR) is 106 cm³/mol. The highest BCUT2D eigenvalue weighted by molar-refractivity contribution is 5.91. The number of aryl methyl sites for hydroxylation is 1. The maximum atomic E-state index is 11.1. The topological polar surface area (TPSA) is 75.6 Å². The van der Waals surface area contributed by atoms with Crippen LogP contribution in [0.2, 0.25) is 0 Å². The Kier molecular flexibility index (Phi) is 5.98. The molecule has 3 aromatic rings. The molecule has 0 saturated heterocycles. The SMILES string of the molecule is Cc1nc(N(C)c2cccc(OCCCC(=O)CO)c2)c2ccccc2n1. The zero-order chi connectivity index (χ0) is 19.2. The molecular formula is C21H23N3O3. The van der Waals surface area contributed by atoms with Crippen LogP contribution in [0.25, 0.3) is 10.9 Å². The third kappa shape index (κ3) is 4.60. The molecular weight excluding hydrogens is 342 g/mol. The average Bonchev–Trinajstić information content (AvgIpc) is 2.70. The van der Waals surface area contributed by atoms with Gasteiger partial charge in [-0.1, -0.05) is 18.2 Å². The maximum absolute atomic E-state index is 11.1. The van der Waals surface area contributed by atoms with Crippen molar-refractivity contribution in [3.8, 4) is 5.75 Å². The summed E-state index contributed by atoms with van der Waals surface area (Å²) >= 11 is 0. The summed E-state index contributed by atoms with van der Waals surface area (Å²) < 4.78 is 5.75. The Morgan fingerprint density at radius 3 is 2.78 bits per heavy atom. The summed E-state index contributed by atoms with van der Waals surface area (Å²) in [4.78, 5) is 22.3. The van der Waals surface area contributed by atoms with Crippen molar-refractivity contribution < 1.29 is 14.6 Å². The van der Waals surface area contributed by atoms with Crippen LogP contribution in [0.3, 0.4) is 0 Å². The molecule has 27 heavy (non-hydrogen) atoms. The Morgan fingerprint density at radius 2 is 1.96 bits per heavy atom. The quantitative estimate of drug-likeness (QED) is 0.617. The number of Topliss-reactive ketones (excluding diaryl/α,β-unsaturated/α-hetero) is 1. The number of benzene rings is 2. The molecule has 1 aromatic heterocycles. The van der Waals surface area contributed by atoms with E-state index in [4.69, 9.17) is 9.84 Å². The lowest BCUT2D eigenvalue weighted by Crippen LogP contribution is -2.13. The summed E-state index contributed by atoms with van der Waals surface area (Å²) in [6.45, 7) is 1.90. The second-order valence-corrected chi connectivity index (χ2v) is 6.32. The van der Waals surface area contributed by atoms with Crippen molar-refractivity contribution in [3.05, 3.63) is 54.4 Å². The van der Waals surface area contributed by atoms with Gasteiger partial charge in [-0.2, -0.15) is 0 Å². The fourth-order valence-corrected chi connectivity index (χ4v) is 2.87. The van der Waals surface area contributed by atoms with Crippen LogP contribution in [0.5, 0.6) is 5.75 Å². The molecule has 0 amide bonds. The average molecular weight is 365 g/mol. The summed E-state index contributed by atoms with van der Waals surface area (Å²) in [5, 5.41) is 9.73. The first kappa shape index (κ1) is 18.8. The second kappa shape index (κ2) is 8.60.